The second kappa shape index (κ2) is 17.1. The van der Waals surface area contributed by atoms with Gasteiger partial charge in [0, 0.05) is 6.42 Å². The zero-order valence-corrected chi connectivity index (χ0v) is 19.7. The molecule has 0 aromatic carbocycles. The lowest BCUT2D eigenvalue weighted by Crippen LogP contribution is -2.32. The highest BCUT2D eigenvalue weighted by Gasteiger charge is 2.27. The van der Waals surface area contributed by atoms with Crippen LogP contribution < -0.4 is 0 Å². The Bertz CT molecular complexity index is 526. The van der Waals surface area contributed by atoms with Crippen molar-refractivity contribution in [3.8, 4) is 0 Å². The number of allylic oxidation sites excluding steroid dienone is 4. The van der Waals surface area contributed by atoms with E-state index in [1.807, 2.05) is 6.92 Å². The van der Waals surface area contributed by atoms with Crippen LogP contribution in [0.15, 0.2) is 24.3 Å². The van der Waals surface area contributed by atoms with Crippen LogP contribution in [0.25, 0.3) is 0 Å². The molecule has 1 aliphatic heterocycles. The van der Waals surface area contributed by atoms with Gasteiger partial charge in [0.1, 0.15) is 6.10 Å². The predicted octanol–water partition coefficient (Wildman–Crippen LogP) is 5.92. The third kappa shape index (κ3) is 14.4. The molecule has 1 rings (SSSR count). The van der Waals surface area contributed by atoms with Crippen molar-refractivity contribution in [1.29, 1.82) is 0 Å². The highest BCUT2D eigenvalue weighted by molar-refractivity contribution is 5.71. The van der Waals surface area contributed by atoms with Gasteiger partial charge in [-0.15, -0.1) is 0 Å². The number of hydrogen-bond acceptors (Lipinski definition) is 4. The van der Waals surface area contributed by atoms with Gasteiger partial charge in [0.15, 0.2) is 0 Å². The van der Waals surface area contributed by atoms with Crippen molar-refractivity contribution < 1.29 is 24.5 Å². The summed E-state index contributed by atoms with van der Waals surface area (Å²) in [5.41, 5.74) is 0. The van der Waals surface area contributed by atoms with Crippen LogP contribution in [0, 0.1) is 17.8 Å². The number of esters is 1. The molecule has 0 aromatic rings. The Morgan fingerprint density at radius 2 is 1.90 bits per heavy atom. The normalized spacial score (nSPS) is 22.3. The number of cyclic esters (lactones) is 1. The van der Waals surface area contributed by atoms with Crippen molar-refractivity contribution in [2.24, 2.45) is 17.8 Å². The average molecular weight is 425 g/mol. The molecule has 0 radical (unpaired) electrons. The number of ether oxygens (including phenoxy) is 1. The summed E-state index contributed by atoms with van der Waals surface area (Å²) >= 11 is 0. The molecule has 30 heavy (non-hydrogen) atoms. The number of aliphatic carboxylic acids is 1. The summed E-state index contributed by atoms with van der Waals surface area (Å²) in [5, 5.41) is 17.8. The maximum Gasteiger partial charge on any atom is 0.308 e. The van der Waals surface area contributed by atoms with Crippen molar-refractivity contribution in [2.45, 2.75) is 105 Å². The van der Waals surface area contributed by atoms with Crippen molar-refractivity contribution >= 4 is 11.9 Å². The molecule has 5 nitrogen and oxygen atoms in total. The monoisotopic (exact) mass is 424 g/mol. The molecule has 1 saturated heterocycles. The van der Waals surface area contributed by atoms with Gasteiger partial charge in [-0.25, -0.2) is 0 Å². The predicted molar refractivity (Wildman–Crippen MR) is 122 cm³/mol. The third-order valence-electron chi connectivity index (χ3n) is 5.75. The van der Waals surface area contributed by atoms with Gasteiger partial charge in [0.25, 0.3) is 0 Å². The van der Waals surface area contributed by atoms with E-state index in [9.17, 15) is 14.7 Å². The smallest absolute Gasteiger partial charge is 0.308 e. The second-order valence-corrected chi connectivity index (χ2v) is 8.58. The SMILES string of the molecule is CCC(C)C(=O)O.CCCCC/C=C/C=C\C(C)C(C)CCC1CC(O)CC(=O)O1. The van der Waals surface area contributed by atoms with E-state index in [1.54, 1.807) is 6.92 Å². The lowest BCUT2D eigenvalue weighted by atomic mass is 9.89. The topological polar surface area (TPSA) is 83.8 Å². The average Bonchev–Trinajstić information content (AvgIpc) is 2.70. The molecule has 5 atom stereocenters. The summed E-state index contributed by atoms with van der Waals surface area (Å²) < 4.78 is 5.30. The summed E-state index contributed by atoms with van der Waals surface area (Å²) in [5.74, 6) is -0.109. The van der Waals surface area contributed by atoms with Crippen LogP contribution in [0.1, 0.15) is 92.4 Å². The molecule has 0 spiro atoms. The van der Waals surface area contributed by atoms with Crippen LogP contribution in [0.3, 0.4) is 0 Å². The summed E-state index contributed by atoms with van der Waals surface area (Å²) in [4.78, 5) is 21.3. The molecule has 0 amide bonds. The third-order valence-corrected chi connectivity index (χ3v) is 5.75. The van der Waals surface area contributed by atoms with Gasteiger partial charge in [-0.1, -0.05) is 71.8 Å². The summed E-state index contributed by atoms with van der Waals surface area (Å²) in [6, 6.07) is 0. The number of aliphatic hydroxyl groups is 1. The van der Waals surface area contributed by atoms with E-state index < -0.39 is 12.1 Å². The standard InChI is InChI=1S/C20H34O3.C5H10O2/c1-4-5-6-7-8-9-10-11-16(2)17(3)12-13-19-14-18(21)15-20(22)23-19;1-3-4(2)5(6)7/h8-11,16-19,21H,4-7,12-15H2,1-3H3;4H,3H2,1-2H3,(H,6,7)/b9-8+,11-10-;. The molecular formula is C25H44O5. The molecule has 2 N–H and O–H groups in total. The Kier molecular flexibility index (Phi) is 16.2. The maximum atomic E-state index is 11.3. The van der Waals surface area contributed by atoms with Crippen molar-refractivity contribution in [1.82, 2.24) is 0 Å². The number of rotatable bonds is 12. The Balaban J connectivity index is 0.00000103. The first-order chi connectivity index (χ1) is 14.2. The number of aliphatic hydroxyl groups excluding tert-OH is 1. The largest absolute Gasteiger partial charge is 0.481 e. The van der Waals surface area contributed by atoms with E-state index in [1.165, 1.54) is 19.3 Å². The van der Waals surface area contributed by atoms with E-state index >= 15 is 0 Å². The number of hydrogen-bond donors (Lipinski definition) is 2. The van der Waals surface area contributed by atoms with Gasteiger partial charge >= 0.3 is 11.9 Å². The zero-order chi connectivity index (χ0) is 22.9. The highest BCUT2D eigenvalue weighted by Crippen LogP contribution is 2.24. The minimum absolute atomic E-state index is 0.108. The quantitative estimate of drug-likeness (QED) is 0.231. The van der Waals surface area contributed by atoms with Crippen LogP contribution in [-0.2, 0) is 14.3 Å². The van der Waals surface area contributed by atoms with Crippen LogP contribution in [0.5, 0.6) is 0 Å². The summed E-state index contributed by atoms with van der Waals surface area (Å²) in [6.07, 6.45) is 16.5. The first kappa shape index (κ1) is 28.4. The van der Waals surface area contributed by atoms with Crippen LogP contribution in [0.2, 0.25) is 0 Å². The van der Waals surface area contributed by atoms with Crippen molar-refractivity contribution in [2.75, 3.05) is 0 Å². The minimum atomic E-state index is -0.706. The molecule has 5 heteroatoms. The van der Waals surface area contributed by atoms with E-state index in [2.05, 4.69) is 45.1 Å². The maximum absolute atomic E-state index is 11.3. The zero-order valence-electron chi connectivity index (χ0n) is 19.7. The summed E-state index contributed by atoms with van der Waals surface area (Å²) in [6.45, 7) is 10.2. The van der Waals surface area contributed by atoms with Crippen LogP contribution in [0.4, 0.5) is 0 Å². The second-order valence-electron chi connectivity index (χ2n) is 8.58. The molecular weight excluding hydrogens is 380 g/mol. The van der Waals surface area contributed by atoms with Gasteiger partial charge in [0.2, 0.25) is 0 Å². The molecule has 5 unspecified atom stereocenters. The fourth-order valence-electron chi connectivity index (χ4n) is 3.04. The molecule has 1 heterocycles. The van der Waals surface area contributed by atoms with Crippen LogP contribution >= 0.6 is 0 Å². The molecule has 1 fully saturated rings. The lowest BCUT2D eigenvalue weighted by molar-refractivity contribution is -0.160. The fourth-order valence-corrected chi connectivity index (χ4v) is 3.04. The first-order valence-corrected chi connectivity index (χ1v) is 11.6. The molecule has 0 bridgehead atoms. The van der Waals surface area contributed by atoms with E-state index in [0.29, 0.717) is 18.3 Å². The number of carboxylic acids is 1. The Morgan fingerprint density at radius 3 is 2.43 bits per heavy atom. The van der Waals surface area contributed by atoms with E-state index in [4.69, 9.17) is 9.84 Å². The number of carbonyl (C=O) groups excluding carboxylic acids is 1. The van der Waals surface area contributed by atoms with Gasteiger partial charge in [-0.3, -0.25) is 9.59 Å². The number of unbranched alkanes of at least 4 members (excludes halogenated alkanes) is 3. The van der Waals surface area contributed by atoms with Gasteiger partial charge in [-0.05, 0) is 43.9 Å². The highest BCUT2D eigenvalue weighted by atomic mass is 16.5. The van der Waals surface area contributed by atoms with Gasteiger partial charge in [-0.2, -0.15) is 0 Å². The van der Waals surface area contributed by atoms with E-state index in [-0.39, 0.29) is 24.4 Å². The Morgan fingerprint density at radius 1 is 1.20 bits per heavy atom. The summed E-state index contributed by atoms with van der Waals surface area (Å²) in [7, 11) is 0. The van der Waals surface area contributed by atoms with Crippen molar-refractivity contribution in [3.63, 3.8) is 0 Å². The molecule has 1 aliphatic rings. The number of carboxylic acid groups (broad SMARTS) is 1. The van der Waals surface area contributed by atoms with Crippen molar-refractivity contribution in [3.05, 3.63) is 24.3 Å². The van der Waals surface area contributed by atoms with E-state index in [0.717, 1.165) is 25.7 Å². The fraction of sp³-hybridized carbons (Fsp3) is 0.760. The molecule has 174 valence electrons. The van der Waals surface area contributed by atoms with Gasteiger partial charge < -0.3 is 14.9 Å². The minimum Gasteiger partial charge on any atom is -0.481 e. The molecule has 0 aliphatic carbocycles. The number of carbonyl (C=O) groups is 2. The van der Waals surface area contributed by atoms with Gasteiger partial charge in [0.05, 0.1) is 18.4 Å². The lowest BCUT2D eigenvalue weighted by Gasteiger charge is -2.27. The Labute approximate surface area is 183 Å². The van der Waals surface area contributed by atoms with Crippen LogP contribution in [-0.4, -0.2) is 34.4 Å². The Hall–Kier alpha value is -1.62. The molecule has 0 saturated carbocycles. The molecule has 0 aromatic heterocycles. The first-order valence-electron chi connectivity index (χ1n) is 11.6.